The van der Waals surface area contributed by atoms with Crippen LogP contribution in [0.15, 0.2) is 29.2 Å². The normalized spacial score (nSPS) is 28.6. The number of fused-ring (bicyclic) bond motifs is 1. The Kier molecular flexibility index (Phi) is 5.29. The van der Waals surface area contributed by atoms with Crippen LogP contribution in [0.25, 0.3) is 0 Å². The summed E-state index contributed by atoms with van der Waals surface area (Å²) in [6.07, 6.45) is 4.50. The van der Waals surface area contributed by atoms with E-state index < -0.39 is 10.0 Å². The molecule has 0 bridgehead atoms. The van der Waals surface area contributed by atoms with Gasteiger partial charge in [-0.05, 0) is 60.6 Å². The van der Waals surface area contributed by atoms with Gasteiger partial charge >= 0.3 is 0 Å². The van der Waals surface area contributed by atoms with Crippen molar-refractivity contribution in [3.8, 4) is 0 Å². The van der Waals surface area contributed by atoms with Gasteiger partial charge in [0.2, 0.25) is 10.0 Å². The van der Waals surface area contributed by atoms with Crippen LogP contribution in [0.4, 0.5) is 0 Å². The molecule has 1 heterocycles. The fourth-order valence-corrected chi connectivity index (χ4v) is 5.76. The van der Waals surface area contributed by atoms with Crippen LogP contribution in [-0.2, 0) is 20.2 Å². The molecule has 1 aromatic rings. The Morgan fingerprint density at radius 3 is 2.32 bits per heavy atom. The number of hydrogen-bond acceptors (Lipinski definition) is 3. The van der Waals surface area contributed by atoms with Crippen molar-refractivity contribution in [1.82, 2.24) is 4.31 Å². The van der Waals surface area contributed by atoms with Crippen LogP contribution in [0.3, 0.4) is 0 Å². The zero-order valence-corrected chi connectivity index (χ0v) is 16.7. The fraction of sp³-hybridized carbons (Fsp3) is 0.700. The highest BCUT2D eigenvalue weighted by atomic mass is 32.2. The number of rotatable bonds is 3. The maximum absolute atomic E-state index is 13.0. The SMILES string of the molecule is CO[C@H]1CCC2CN(S(=O)(=O)c3ccc(C(C)(C)C)cc3)CC[C@H]2C1. The highest BCUT2D eigenvalue weighted by molar-refractivity contribution is 7.89. The average Bonchev–Trinajstić information content (AvgIpc) is 2.60. The summed E-state index contributed by atoms with van der Waals surface area (Å²) in [5.74, 6) is 1.08. The van der Waals surface area contributed by atoms with E-state index in [1.165, 1.54) is 0 Å². The maximum atomic E-state index is 13.0. The summed E-state index contributed by atoms with van der Waals surface area (Å²) < 4.78 is 33.3. The Bertz CT molecular complexity index is 691. The molecule has 5 heteroatoms. The van der Waals surface area contributed by atoms with Crippen molar-refractivity contribution >= 4 is 10.0 Å². The molecule has 2 fully saturated rings. The van der Waals surface area contributed by atoms with Crippen molar-refractivity contribution in [2.45, 2.75) is 62.9 Å². The van der Waals surface area contributed by atoms with Crippen LogP contribution in [0.1, 0.15) is 52.0 Å². The van der Waals surface area contributed by atoms with E-state index in [0.717, 1.165) is 31.2 Å². The quantitative estimate of drug-likeness (QED) is 0.818. The number of benzene rings is 1. The van der Waals surface area contributed by atoms with E-state index in [9.17, 15) is 8.42 Å². The largest absolute Gasteiger partial charge is 0.381 e. The minimum absolute atomic E-state index is 0.0284. The molecule has 3 atom stereocenters. The molecule has 1 unspecified atom stereocenters. The Morgan fingerprint density at radius 1 is 1.04 bits per heavy atom. The molecule has 1 aliphatic heterocycles. The molecule has 3 rings (SSSR count). The monoisotopic (exact) mass is 365 g/mol. The molecule has 1 aliphatic carbocycles. The molecular formula is C20H31NO3S. The van der Waals surface area contributed by atoms with E-state index in [1.54, 1.807) is 23.5 Å². The second kappa shape index (κ2) is 7.01. The van der Waals surface area contributed by atoms with Crippen molar-refractivity contribution in [3.05, 3.63) is 29.8 Å². The van der Waals surface area contributed by atoms with E-state index in [2.05, 4.69) is 20.8 Å². The van der Waals surface area contributed by atoms with Crippen molar-refractivity contribution in [2.75, 3.05) is 20.2 Å². The van der Waals surface area contributed by atoms with Gasteiger partial charge in [-0.2, -0.15) is 4.31 Å². The number of methoxy groups -OCH3 is 1. The third kappa shape index (κ3) is 3.93. The summed E-state index contributed by atoms with van der Waals surface area (Å²) in [5.41, 5.74) is 1.18. The Labute approximate surface area is 152 Å². The van der Waals surface area contributed by atoms with E-state index in [-0.39, 0.29) is 5.41 Å². The first-order chi connectivity index (χ1) is 11.7. The smallest absolute Gasteiger partial charge is 0.243 e. The first-order valence-electron chi connectivity index (χ1n) is 9.35. The zero-order valence-electron chi connectivity index (χ0n) is 15.9. The minimum Gasteiger partial charge on any atom is -0.381 e. The van der Waals surface area contributed by atoms with Gasteiger partial charge in [0, 0.05) is 20.2 Å². The van der Waals surface area contributed by atoms with Gasteiger partial charge in [-0.15, -0.1) is 0 Å². The summed E-state index contributed by atoms with van der Waals surface area (Å²) >= 11 is 0. The summed E-state index contributed by atoms with van der Waals surface area (Å²) in [6.45, 7) is 7.69. The third-order valence-electron chi connectivity index (χ3n) is 5.97. The number of hydrogen-bond donors (Lipinski definition) is 0. The molecule has 1 saturated heterocycles. The van der Waals surface area contributed by atoms with E-state index in [1.807, 2.05) is 12.1 Å². The molecule has 0 amide bonds. The lowest BCUT2D eigenvalue weighted by Gasteiger charge is -2.42. The number of nitrogens with zero attached hydrogens (tertiary/aromatic N) is 1. The summed E-state index contributed by atoms with van der Waals surface area (Å²) in [6, 6.07) is 7.43. The molecule has 0 N–H and O–H groups in total. The van der Waals surface area contributed by atoms with Crippen molar-refractivity contribution < 1.29 is 13.2 Å². The van der Waals surface area contributed by atoms with Gasteiger partial charge in [0.1, 0.15) is 0 Å². The van der Waals surface area contributed by atoms with Crippen LogP contribution >= 0.6 is 0 Å². The fourth-order valence-electron chi connectivity index (χ4n) is 4.25. The second-order valence-corrected chi connectivity index (χ2v) is 10.6. The van der Waals surface area contributed by atoms with Crippen molar-refractivity contribution in [2.24, 2.45) is 11.8 Å². The van der Waals surface area contributed by atoms with Gasteiger partial charge in [0.15, 0.2) is 0 Å². The molecule has 1 saturated carbocycles. The standard InChI is InChI=1S/C20H31NO3S/c1-20(2,3)17-6-9-19(10-7-17)25(22,23)21-12-11-15-13-18(24-4)8-5-16(15)14-21/h6-7,9-10,15-16,18H,5,8,11-14H2,1-4H3/t15-,16?,18-/m0/s1. The van der Waals surface area contributed by atoms with Crippen LogP contribution in [0.2, 0.25) is 0 Å². The molecule has 1 aromatic carbocycles. The summed E-state index contributed by atoms with van der Waals surface area (Å²) in [4.78, 5) is 0.421. The second-order valence-electron chi connectivity index (χ2n) is 8.62. The van der Waals surface area contributed by atoms with Gasteiger partial charge < -0.3 is 4.74 Å². The third-order valence-corrected chi connectivity index (χ3v) is 7.85. The van der Waals surface area contributed by atoms with Gasteiger partial charge in [0.05, 0.1) is 11.0 Å². The van der Waals surface area contributed by atoms with Crippen LogP contribution in [0.5, 0.6) is 0 Å². The van der Waals surface area contributed by atoms with Gasteiger partial charge in [-0.3, -0.25) is 0 Å². The van der Waals surface area contributed by atoms with Gasteiger partial charge in [-0.1, -0.05) is 32.9 Å². The predicted molar refractivity (Wildman–Crippen MR) is 100 cm³/mol. The Morgan fingerprint density at radius 2 is 1.72 bits per heavy atom. The predicted octanol–water partition coefficient (Wildman–Crippen LogP) is 3.81. The molecule has 140 valence electrons. The molecule has 0 spiro atoms. The van der Waals surface area contributed by atoms with E-state index in [4.69, 9.17) is 4.74 Å². The van der Waals surface area contributed by atoms with Crippen molar-refractivity contribution in [1.29, 1.82) is 0 Å². The molecular weight excluding hydrogens is 334 g/mol. The maximum Gasteiger partial charge on any atom is 0.243 e. The summed E-state index contributed by atoms with van der Waals surface area (Å²) in [7, 11) is -1.61. The first kappa shape index (κ1) is 18.9. The lowest BCUT2D eigenvalue weighted by molar-refractivity contribution is 0.00956. The number of piperidine rings is 1. The molecule has 25 heavy (non-hydrogen) atoms. The minimum atomic E-state index is -3.39. The van der Waals surface area contributed by atoms with E-state index in [0.29, 0.717) is 35.9 Å². The highest BCUT2D eigenvalue weighted by Gasteiger charge is 2.38. The van der Waals surface area contributed by atoms with Crippen LogP contribution in [0, 0.1) is 11.8 Å². The summed E-state index contributed by atoms with van der Waals surface area (Å²) in [5, 5.41) is 0. The molecule has 0 aromatic heterocycles. The number of sulfonamides is 1. The lowest BCUT2D eigenvalue weighted by atomic mass is 9.74. The molecule has 4 nitrogen and oxygen atoms in total. The highest BCUT2D eigenvalue weighted by Crippen LogP contribution is 2.38. The molecule has 2 aliphatic rings. The lowest BCUT2D eigenvalue weighted by Crippen LogP contribution is -2.46. The Hall–Kier alpha value is -0.910. The van der Waals surface area contributed by atoms with Crippen molar-refractivity contribution in [3.63, 3.8) is 0 Å². The molecule has 0 radical (unpaired) electrons. The Balaban J connectivity index is 1.73. The van der Waals surface area contributed by atoms with Gasteiger partial charge in [-0.25, -0.2) is 8.42 Å². The van der Waals surface area contributed by atoms with E-state index >= 15 is 0 Å². The topological polar surface area (TPSA) is 46.6 Å². The average molecular weight is 366 g/mol. The van der Waals surface area contributed by atoms with Crippen LogP contribution in [-0.4, -0.2) is 39.0 Å². The number of ether oxygens (including phenoxy) is 1. The van der Waals surface area contributed by atoms with Gasteiger partial charge in [0.25, 0.3) is 0 Å². The first-order valence-corrected chi connectivity index (χ1v) is 10.8. The van der Waals surface area contributed by atoms with Crippen LogP contribution < -0.4 is 0 Å². The zero-order chi connectivity index (χ0) is 18.2.